The number of carbonyl (C=O) groups is 4. The van der Waals surface area contributed by atoms with E-state index in [4.69, 9.17) is 0 Å². The number of anilines is 2. The molecule has 0 spiro atoms. The number of nitrogens with zero attached hydrogens (tertiary/aromatic N) is 1. The fourth-order valence-corrected chi connectivity index (χ4v) is 3.19. The number of hydrogen-bond acceptors (Lipinski definition) is 4. The van der Waals surface area contributed by atoms with Crippen LogP contribution in [0.25, 0.3) is 0 Å². The van der Waals surface area contributed by atoms with Crippen molar-refractivity contribution < 1.29 is 19.2 Å². The van der Waals surface area contributed by atoms with Crippen LogP contribution in [0.1, 0.15) is 39.6 Å². The third-order valence-electron chi connectivity index (χ3n) is 4.54. The molecule has 0 atom stereocenters. The molecule has 2 aromatic rings. The van der Waals surface area contributed by atoms with Crippen LogP contribution in [0.3, 0.4) is 0 Å². The Morgan fingerprint density at radius 3 is 2.68 bits per heavy atom. The highest BCUT2D eigenvalue weighted by Crippen LogP contribution is 2.27. The highest BCUT2D eigenvalue weighted by Gasteiger charge is 2.20. The summed E-state index contributed by atoms with van der Waals surface area (Å²) in [5.41, 5.74) is 3.35. The Labute approximate surface area is 162 Å². The molecule has 0 saturated heterocycles. The van der Waals surface area contributed by atoms with Gasteiger partial charge in [-0.25, -0.2) is 0 Å². The van der Waals surface area contributed by atoms with E-state index in [1.165, 1.54) is 6.92 Å². The molecule has 0 bridgehead atoms. The Bertz CT molecular complexity index is 939. The van der Waals surface area contributed by atoms with E-state index in [2.05, 4.69) is 10.6 Å². The normalized spacial score (nSPS) is 12.2. The molecule has 1 heterocycles. The van der Waals surface area contributed by atoms with Gasteiger partial charge in [-0.1, -0.05) is 6.07 Å². The summed E-state index contributed by atoms with van der Waals surface area (Å²) in [6.45, 7) is 2.23. The molecule has 28 heavy (non-hydrogen) atoms. The number of amides is 3. The van der Waals surface area contributed by atoms with E-state index >= 15 is 0 Å². The summed E-state index contributed by atoms with van der Waals surface area (Å²) in [6.07, 6.45) is 1.70. The van der Waals surface area contributed by atoms with E-state index in [9.17, 15) is 19.2 Å². The maximum atomic E-state index is 12.4. The van der Waals surface area contributed by atoms with Gasteiger partial charge >= 0.3 is 0 Å². The van der Waals surface area contributed by atoms with Gasteiger partial charge in [-0.15, -0.1) is 0 Å². The van der Waals surface area contributed by atoms with Gasteiger partial charge in [0.15, 0.2) is 5.78 Å². The van der Waals surface area contributed by atoms with Crippen LogP contribution >= 0.6 is 0 Å². The molecule has 0 unspecified atom stereocenters. The van der Waals surface area contributed by atoms with Gasteiger partial charge in [0.25, 0.3) is 5.91 Å². The minimum absolute atomic E-state index is 0.0698. The van der Waals surface area contributed by atoms with Gasteiger partial charge in [0.1, 0.15) is 0 Å². The average molecular weight is 379 g/mol. The summed E-state index contributed by atoms with van der Waals surface area (Å²) in [6, 6.07) is 11.9. The van der Waals surface area contributed by atoms with Gasteiger partial charge in [-0.3, -0.25) is 19.2 Å². The number of rotatable bonds is 7. The van der Waals surface area contributed by atoms with Crippen molar-refractivity contribution in [3.05, 3.63) is 59.2 Å². The lowest BCUT2D eigenvalue weighted by atomic mass is 10.0. The number of Topliss-reactive ketones (excluding diaryl/α,β-unsaturated/α-hetero) is 1. The Kier molecular flexibility index (Phi) is 5.84. The molecule has 2 N–H and O–H groups in total. The third kappa shape index (κ3) is 4.43. The SMILES string of the molecule is CC(=O)Nc1cccc(C(=O)NCCC(=O)c2ccc3c(c2)CCN3C=O)c1. The summed E-state index contributed by atoms with van der Waals surface area (Å²) in [4.78, 5) is 48.4. The lowest BCUT2D eigenvalue weighted by Crippen LogP contribution is -2.26. The van der Waals surface area contributed by atoms with Gasteiger partial charge < -0.3 is 15.5 Å². The first-order valence-corrected chi connectivity index (χ1v) is 9.02. The second-order valence-electron chi connectivity index (χ2n) is 6.58. The lowest BCUT2D eigenvalue weighted by Gasteiger charge is -2.10. The van der Waals surface area contributed by atoms with Gasteiger partial charge in [-0.05, 0) is 48.4 Å². The fraction of sp³-hybridized carbons (Fsp3) is 0.238. The molecular formula is C21H21N3O4. The third-order valence-corrected chi connectivity index (χ3v) is 4.54. The molecule has 2 aromatic carbocycles. The predicted molar refractivity (Wildman–Crippen MR) is 106 cm³/mol. The number of benzene rings is 2. The van der Waals surface area contributed by atoms with E-state index in [1.807, 2.05) is 6.07 Å². The molecule has 7 nitrogen and oxygen atoms in total. The van der Waals surface area contributed by atoms with Gasteiger partial charge in [0.2, 0.25) is 12.3 Å². The number of ketones is 1. The van der Waals surface area contributed by atoms with E-state index < -0.39 is 0 Å². The number of carbonyl (C=O) groups excluding carboxylic acids is 4. The first-order valence-electron chi connectivity index (χ1n) is 9.02. The van der Waals surface area contributed by atoms with Gasteiger partial charge in [0.05, 0.1) is 0 Å². The first-order chi connectivity index (χ1) is 13.5. The van der Waals surface area contributed by atoms with Crippen molar-refractivity contribution in [3.63, 3.8) is 0 Å². The smallest absolute Gasteiger partial charge is 0.251 e. The molecule has 0 fully saturated rings. The topological polar surface area (TPSA) is 95.6 Å². The Balaban J connectivity index is 1.55. The van der Waals surface area contributed by atoms with Crippen molar-refractivity contribution in [3.8, 4) is 0 Å². The zero-order valence-electron chi connectivity index (χ0n) is 15.5. The highest BCUT2D eigenvalue weighted by atomic mass is 16.2. The maximum absolute atomic E-state index is 12.4. The van der Waals surface area contributed by atoms with Gasteiger partial charge in [-0.2, -0.15) is 0 Å². The van der Waals surface area contributed by atoms with Crippen molar-refractivity contribution >= 4 is 35.4 Å². The lowest BCUT2D eigenvalue weighted by molar-refractivity contribution is -0.114. The molecule has 0 saturated carbocycles. The zero-order chi connectivity index (χ0) is 20.1. The van der Waals surface area contributed by atoms with Crippen LogP contribution in [0.5, 0.6) is 0 Å². The quantitative estimate of drug-likeness (QED) is 0.569. The number of hydrogen-bond donors (Lipinski definition) is 2. The second-order valence-corrected chi connectivity index (χ2v) is 6.58. The van der Waals surface area contributed by atoms with Crippen molar-refractivity contribution in [2.24, 2.45) is 0 Å². The zero-order valence-corrected chi connectivity index (χ0v) is 15.5. The molecule has 7 heteroatoms. The van der Waals surface area contributed by atoms with Crippen LogP contribution in [0.15, 0.2) is 42.5 Å². The minimum Gasteiger partial charge on any atom is -0.352 e. The molecule has 1 aliphatic rings. The molecule has 1 aliphatic heterocycles. The molecule has 3 amide bonds. The second kappa shape index (κ2) is 8.47. The number of nitrogens with one attached hydrogen (secondary N) is 2. The van der Waals surface area contributed by atoms with E-state index in [1.54, 1.807) is 41.3 Å². The Hall–Kier alpha value is -3.48. The molecule has 0 radical (unpaired) electrons. The van der Waals surface area contributed by atoms with Crippen LogP contribution in [-0.2, 0) is 16.0 Å². The summed E-state index contributed by atoms with van der Waals surface area (Å²) in [5.74, 6) is -0.594. The van der Waals surface area contributed by atoms with E-state index in [0.717, 1.165) is 24.1 Å². The standard InChI is InChI=1S/C21H21N3O4/c1-14(26)23-18-4-2-3-17(12-18)21(28)22-9-7-20(27)16-5-6-19-15(11-16)8-10-24(19)13-25/h2-6,11-13H,7-10H2,1H3,(H,22,28)(H,23,26). The molecule has 0 aliphatic carbocycles. The molecule has 0 aromatic heterocycles. The van der Waals surface area contributed by atoms with Crippen LogP contribution in [-0.4, -0.2) is 37.1 Å². The van der Waals surface area contributed by atoms with Crippen LogP contribution in [0, 0.1) is 0 Å². The largest absolute Gasteiger partial charge is 0.352 e. The van der Waals surface area contributed by atoms with Crippen molar-refractivity contribution in [1.29, 1.82) is 0 Å². The van der Waals surface area contributed by atoms with Crippen LogP contribution < -0.4 is 15.5 Å². The van der Waals surface area contributed by atoms with Crippen molar-refractivity contribution in [1.82, 2.24) is 5.32 Å². The van der Waals surface area contributed by atoms with Crippen molar-refractivity contribution in [2.45, 2.75) is 19.8 Å². The van der Waals surface area contributed by atoms with E-state index in [-0.39, 0.29) is 30.6 Å². The summed E-state index contributed by atoms with van der Waals surface area (Å²) < 4.78 is 0. The monoisotopic (exact) mass is 379 g/mol. The maximum Gasteiger partial charge on any atom is 0.251 e. The van der Waals surface area contributed by atoms with Crippen molar-refractivity contribution in [2.75, 3.05) is 23.3 Å². The number of fused-ring (bicyclic) bond motifs is 1. The fourth-order valence-electron chi connectivity index (χ4n) is 3.19. The Morgan fingerprint density at radius 2 is 1.93 bits per heavy atom. The molecule has 144 valence electrons. The van der Waals surface area contributed by atoms with Crippen LogP contribution in [0.4, 0.5) is 11.4 Å². The predicted octanol–water partition coefficient (Wildman–Crippen LogP) is 2.17. The summed E-state index contributed by atoms with van der Waals surface area (Å²) in [5, 5.41) is 5.35. The molecule has 3 rings (SSSR count). The Morgan fingerprint density at radius 1 is 1.11 bits per heavy atom. The average Bonchev–Trinajstić information content (AvgIpc) is 3.09. The summed E-state index contributed by atoms with van der Waals surface area (Å²) >= 11 is 0. The van der Waals surface area contributed by atoms with Crippen LogP contribution in [0.2, 0.25) is 0 Å². The first kappa shape index (κ1) is 19.3. The van der Waals surface area contributed by atoms with E-state index in [0.29, 0.717) is 23.4 Å². The summed E-state index contributed by atoms with van der Waals surface area (Å²) in [7, 11) is 0. The minimum atomic E-state index is -0.310. The molecular weight excluding hydrogens is 358 g/mol. The highest BCUT2D eigenvalue weighted by molar-refractivity contribution is 5.99. The van der Waals surface area contributed by atoms with Gasteiger partial charge in [0, 0.05) is 48.9 Å².